The summed E-state index contributed by atoms with van der Waals surface area (Å²) in [5, 5.41) is 0. The molecule has 6 heteroatoms. The van der Waals surface area contributed by atoms with Crippen molar-refractivity contribution in [1.29, 1.82) is 0 Å². The molecule has 3 rings (SSSR count). The van der Waals surface area contributed by atoms with E-state index in [9.17, 15) is 9.59 Å². The molecule has 0 fully saturated rings. The first kappa shape index (κ1) is 16.3. The largest absolute Gasteiger partial charge is 0.497 e. The lowest BCUT2D eigenvalue weighted by atomic mass is 10.2. The number of benzene rings is 2. The highest BCUT2D eigenvalue weighted by molar-refractivity contribution is 5.92. The van der Waals surface area contributed by atoms with Crippen molar-refractivity contribution in [2.24, 2.45) is 5.73 Å². The number of carbonyl (C=O) groups is 1. The van der Waals surface area contributed by atoms with Crippen LogP contribution in [-0.4, -0.2) is 17.6 Å². The summed E-state index contributed by atoms with van der Waals surface area (Å²) in [5.74, 6) is 1.28. The maximum absolute atomic E-state index is 12.3. The van der Waals surface area contributed by atoms with E-state index in [4.69, 9.17) is 15.2 Å². The SMILES string of the molecule is COc1ccc(Oc2ccc(-n3cccc(C(N)=O)c3=O)cc2)cc1. The number of ether oxygens (including phenoxy) is 2. The molecular weight excluding hydrogens is 320 g/mol. The van der Waals surface area contributed by atoms with Crippen LogP contribution in [0.15, 0.2) is 71.7 Å². The quantitative estimate of drug-likeness (QED) is 0.776. The van der Waals surface area contributed by atoms with Crippen molar-refractivity contribution in [2.75, 3.05) is 7.11 Å². The number of nitrogens with two attached hydrogens (primary N) is 1. The van der Waals surface area contributed by atoms with Crippen LogP contribution in [0.1, 0.15) is 10.4 Å². The molecular formula is C19H16N2O4. The standard InChI is InChI=1S/C19H16N2O4/c1-24-14-8-10-16(11-9-14)25-15-6-4-13(5-7-15)21-12-2-3-17(18(20)22)19(21)23/h2-12H,1H3,(H2,20,22). The molecule has 25 heavy (non-hydrogen) atoms. The third kappa shape index (κ3) is 3.53. The zero-order valence-electron chi connectivity index (χ0n) is 13.5. The van der Waals surface area contributed by atoms with Gasteiger partial charge in [-0.2, -0.15) is 0 Å². The highest BCUT2D eigenvalue weighted by Gasteiger charge is 2.09. The third-order valence-electron chi connectivity index (χ3n) is 3.62. The van der Waals surface area contributed by atoms with Crippen molar-refractivity contribution >= 4 is 5.91 Å². The first-order valence-corrected chi connectivity index (χ1v) is 7.52. The summed E-state index contributed by atoms with van der Waals surface area (Å²) < 4.78 is 12.2. The summed E-state index contributed by atoms with van der Waals surface area (Å²) in [6.07, 6.45) is 1.58. The molecule has 1 amide bonds. The lowest BCUT2D eigenvalue weighted by Crippen LogP contribution is -2.28. The maximum Gasteiger partial charge on any atom is 0.267 e. The van der Waals surface area contributed by atoms with E-state index >= 15 is 0 Å². The van der Waals surface area contributed by atoms with Gasteiger partial charge in [-0.25, -0.2) is 0 Å². The van der Waals surface area contributed by atoms with Crippen LogP contribution >= 0.6 is 0 Å². The molecule has 3 aromatic rings. The van der Waals surface area contributed by atoms with Crippen molar-refractivity contribution in [2.45, 2.75) is 0 Å². The van der Waals surface area contributed by atoms with Crippen LogP contribution in [0.5, 0.6) is 17.2 Å². The predicted octanol–water partition coefficient (Wildman–Crippen LogP) is 2.74. The summed E-state index contributed by atoms with van der Waals surface area (Å²) in [4.78, 5) is 23.6. The van der Waals surface area contributed by atoms with Crippen molar-refractivity contribution in [1.82, 2.24) is 4.57 Å². The van der Waals surface area contributed by atoms with Gasteiger partial charge in [-0.1, -0.05) is 0 Å². The first-order chi connectivity index (χ1) is 12.1. The molecule has 0 spiro atoms. The third-order valence-corrected chi connectivity index (χ3v) is 3.62. The zero-order valence-corrected chi connectivity index (χ0v) is 13.5. The van der Waals surface area contributed by atoms with Crippen molar-refractivity contribution in [3.8, 4) is 22.9 Å². The minimum absolute atomic E-state index is 0.0546. The van der Waals surface area contributed by atoms with Crippen LogP contribution in [-0.2, 0) is 0 Å². The van der Waals surface area contributed by atoms with Gasteiger partial charge in [0.05, 0.1) is 7.11 Å². The van der Waals surface area contributed by atoms with Gasteiger partial charge in [-0.15, -0.1) is 0 Å². The minimum atomic E-state index is -0.751. The Morgan fingerprint density at radius 2 is 1.48 bits per heavy atom. The number of primary amides is 1. The van der Waals surface area contributed by atoms with E-state index in [1.54, 1.807) is 67.9 Å². The summed E-state index contributed by atoms with van der Waals surface area (Å²) in [6.45, 7) is 0. The topological polar surface area (TPSA) is 83.5 Å². The number of aromatic nitrogens is 1. The molecule has 0 aliphatic carbocycles. The van der Waals surface area contributed by atoms with Gasteiger partial charge in [0.2, 0.25) is 0 Å². The van der Waals surface area contributed by atoms with Gasteiger partial charge < -0.3 is 15.2 Å². The Kier molecular flexibility index (Phi) is 4.52. The Morgan fingerprint density at radius 3 is 2.04 bits per heavy atom. The van der Waals surface area contributed by atoms with Crippen LogP contribution in [0.2, 0.25) is 0 Å². The number of hydrogen-bond acceptors (Lipinski definition) is 4. The Labute approximate surface area is 144 Å². The average molecular weight is 336 g/mol. The molecule has 0 aliphatic rings. The highest BCUT2D eigenvalue weighted by Crippen LogP contribution is 2.24. The fourth-order valence-corrected chi connectivity index (χ4v) is 2.34. The minimum Gasteiger partial charge on any atom is -0.497 e. The molecule has 0 saturated heterocycles. The summed E-state index contributed by atoms with van der Waals surface area (Å²) in [7, 11) is 1.60. The summed E-state index contributed by atoms with van der Waals surface area (Å²) in [6, 6.07) is 17.1. The van der Waals surface area contributed by atoms with E-state index in [0.29, 0.717) is 17.2 Å². The Hall–Kier alpha value is -3.54. The van der Waals surface area contributed by atoms with Gasteiger partial charge >= 0.3 is 0 Å². The predicted molar refractivity (Wildman–Crippen MR) is 93.6 cm³/mol. The molecule has 2 N–H and O–H groups in total. The van der Waals surface area contributed by atoms with E-state index in [0.717, 1.165) is 5.75 Å². The monoisotopic (exact) mass is 336 g/mol. The molecule has 0 atom stereocenters. The lowest BCUT2D eigenvalue weighted by Gasteiger charge is -2.09. The van der Waals surface area contributed by atoms with Gasteiger partial charge in [-0.3, -0.25) is 14.2 Å². The van der Waals surface area contributed by atoms with Gasteiger partial charge in [0, 0.05) is 11.9 Å². The molecule has 0 saturated carbocycles. The number of amides is 1. The lowest BCUT2D eigenvalue weighted by molar-refractivity contribution is 0.0998. The normalized spacial score (nSPS) is 10.3. The number of nitrogens with zero attached hydrogens (tertiary/aromatic N) is 1. The molecule has 0 bridgehead atoms. The number of carbonyl (C=O) groups excluding carboxylic acids is 1. The van der Waals surface area contributed by atoms with Crippen molar-refractivity contribution in [3.05, 3.63) is 82.8 Å². The average Bonchev–Trinajstić information content (AvgIpc) is 2.63. The number of hydrogen-bond donors (Lipinski definition) is 1. The molecule has 0 radical (unpaired) electrons. The van der Waals surface area contributed by atoms with E-state index in [2.05, 4.69) is 0 Å². The van der Waals surface area contributed by atoms with Crippen molar-refractivity contribution in [3.63, 3.8) is 0 Å². The summed E-state index contributed by atoms with van der Waals surface area (Å²) >= 11 is 0. The van der Waals surface area contributed by atoms with E-state index in [1.165, 1.54) is 10.6 Å². The molecule has 6 nitrogen and oxygen atoms in total. The summed E-state index contributed by atoms with van der Waals surface area (Å²) in [5.41, 5.74) is 5.30. The van der Waals surface area contributed by atoms with Crippen LogP contribution < -0.4 is 20.8 Å². The van der Waals surface area contributed by atoms with Crippen LogP contribution in [0.25, 0.3) is 5.69 Å². The molecule has 1 heterocycles. The number of rotatable bonds is 5. The van der Waals surface area contributed by atoms with Gasteiger partial charge in [0.1, 0.15) is 22.8 Å². The Balaban J connectivity index is 1.84. The zero-order chi connectivity index (χ0) is 17.8. The number of pyridine rings is 1. The number of methoxy groups -OCH3 is 1. The van der Waals surface area contributed by atoms with E-state index in [1.807, 2.05) is 0 Å². The fourth-order valence-electron chi connectivity index (χ4n) is 2.34. The first-order valence-electron chi connectivity index (χ1n) is 7.52. The van der Waals surface area contributed by atoms with Crippen molar-refractivity contribution < 1.29 is 14.3 Å². The highest BCUT2D eigenvalue weighted by atomic mass is 16.5. The molecule has 0 aliphatic heterocycles. The second kappa shape index (κ2) is 6.92. The molecule has 1 aromatic heterocycles. The molecule has 0 unspecified atom stereocenters. The Bertz CT molecular complexity index is 944. The smallest absolute Gasteiger partial charge is 0.267 e. The second-order valence-electron chi connectivity index (χ2n) is 5.23. The van der Waals surface area contributed by atoms with E-state index < -0.39 is 11.5 Å². The van der Waals surface area contributed by atoms with Gasteiger partial charge in [-0.05, 0) is 60.7 Å². The van der Waals surface area contributed by atoms with Crippen LogP contribution in [0.3, 0.4) is 0 Å². The molecule has 2 aromatic carbocycles. The molecule has 126 valence electrons. The maximum atomic E-state index is 12.3. The van der Waals surface area contributed by atoms with Crippen LogP contribution in [0, 0.1) is 0 Å². The Morgan fingerprint density at radius 1 is 0.920 bits per heavy atom. The van der Waals surface area contributed by atoms with Gasteiger partial charge in [0.25, 0.3) is 11.5 Å². The fraction of sp³-hybridized carbons (Fsp3) is 0.0526. The van der Waals surface area contributed by atoms with Gasteiger partial charge in [0.15, 0.2) is 0 Å². The van der Waals surface area contributed by atoms with Crippen LogP contribution in [0.4, 0.5) is 0 Å². The second-order valence-corrected chi connectivity index (χ2v) is 5.23. The van der Waals surface area contributed by atoms with E-state index in [-0.39, 0.29) is 5.56 Å².